The summed E-state index contributed by atoms with van der Waals surface area (Å²) in [6.45, 7) is 4.97. The van der Waals surface area contributed by atoms with Gasteiger partial charge in [0.25, 0.3) is 5.91 Å². The van der Waals surface area contributed by atoms with Crippen LogP contribution in [0.1, 0.15) is 37.0 Å². The van der Waals surface area contributed by atoms with Crippen LogP contribution < -0.4 is 9.62 Å². The molecule has 1 N–H and O–H groups in total. The van der Waals surface area contributed by atoms with Gasteiger partial charge in [0.2, 0.25) is 10.0 Å². The van der Waals surface area contributed by atoms with Crippen LogP contribution in [0.25, 0.3) is 0 Å². The number of rotatable bonds is 5. The van der Waals surface area contributed by atoms with Gasteiger partial charge < -0.3 is 10.2 Å². The molecular formula is C17H26ClN3O3S. The first-order valence-electron chi connectivity index (χ1n) is 8.30. The number of nitrogens with one attached hydrogen (secondary N) is 1. The van der Waals surface area contributed by atoms with Gasteiger partial charge in [-0.05, 0) is 59.0 Å². The summed E-state index contributed by atoms with van der Waals surface area (Å²) < 4.78 is 25.8. The quantitative estimate of drug-likeness (QED) is 0.841. The molecule has 0 bridgehead atoms. The molecule has 25 heavy (non-hydrogen) atoms. The van der Waals surface area contributed by atoms with E-state index in [0.717, 1.165) is 6.42 Å². The lowest BCUT2D eigenvalue weighted by Crippen LogP contribution is -2.48. The highest BCUT2D eigenvalue weighted by Crippen LogP contribution is 2.28. The van der Waals surface area contributed by atoms with E-state index in [0.29, 0.717) is 30.8 Å². The summed E-state index contributed by atoms with van der Waals surface area (Å²) in [5, 5.41) is 3.13. The van der Waals surface area contributed by atoms with Crippen molar-refractivity contribution in [2.45, 2.75) is 32.2 Å². The van der Waals surface area contributed by atoms with Gasteiger partial charge >= 0.3 is 0 Å². The zero-order valence-corrected chi connectivity index (χ0v) is 16.7. The van der Waals surface area contributed by atoms with Crippen molar-refractivity contribution in [1.82, 2.24) is 10.2 Å². The molecule has 6 nitrogen and oxygen atoms in total. The number of nitrogens with zero attached hydrogens (tertiary/aromatic N) is 2. The molecule has 1 heterocycles. The zero-order valence-electron chi connectivity index (χ0n) is 15.2. The second-order valence-electron chi connectivity index (χ2n) is 7.15. The molecule has 140 valence electrons. The van der Waals surface area contributed by atoms with Crippen molar-refractivity contribution in [2.75, 3.05) is 37.2 Å². The summed E-state index contributed by atoms with van der Waals surface area (Å²) in [5.74, 6) is -0.125. The summed E-state index contributed by atoms with van der Waals surface area (Å²) in [4.78, 5) is 14.4. The highest BCUT2D eigenvalue weighted by molar-refractivity contribution is 7.92. The SMILES string of the molecule is CN(C)C(C)(C)CNC(=O)c1ccc(N2CCCCS2(=O)=O)cc1Cl. The lowest BCUT2D eigenvalue weighted by atomic mass is 10.0. The highest BCUT2D eigenvalue weighted by atomic mass is 35.5. The van der Waals surface area contributed by atoms with E-state index in [1.54, 1.807) is 18.2 Å². The standard InChI is InChI=1S/C17H26ClN3O3S/c1-17(2,20(3)4)12-19-16(22)14-8-7-13(11-15(14)18)21-9-5-6-10-25(21,23)24/h7-8,11H,5-6,9-10,12H2,1-4H3,(H,19,22). The highest BCUT2D eigenvalue weighted by Gasteiger charge is 2.27. The number of carbonyl (C=O) groups is 1. The Bertz CT molecular complexity index is 748. The third-order valence-corrected chi connectivity index (χ3v) is 6.91. The third-order valence-electron chi connectivity index (χ3n) is 4.73. The van der Waals surface area contributed by atoms with Crippen LogP contribution in [0, 0.1) is 0 Å². The monoisotopic (exact) mass is 387 g/mol. The maximum absolute atomic E-state index is 12.4. The summed E-state index contributed by atoms with van der Waals surface area (Å²) in [6, 6.07) is 4.77. The summed E-state index contributed by atoms with van der Waals surface area (Å²) in [6.07, 6.45) is 1.49. The Hall–Kier alpha value is -1.31. The molecule has 0 spiro atoms. The minimum Gasteiger partial charge on any atom is -0.350 e. The Labute approximate surface area is 155 Å². The van der Waals surface area contributed by atoms with Crippen molar-refractivity contribution in [1.29, 1.82) is 0 Å². The lowest BCUT2D eigenvalue weighted by Gasteiger charge is -2.32. The largest absolute Gasteiger partial charge is 0.350 e. The number of hydrogen-bond acceptors (Lipinski definition) is 4. The lowest BCUT2D eigenvalue weighted by molar-refractivity contribution is 0.0920. The van der Waals surface area contributed by atoms with Crippen LogP contribution in [0.4, 0.5) is 5.69 Å². The number of carbonyl (C=O) groups excluding carboxylic acids is 1. The smallest absolute Gasteiger partial charge is 0.252 e. The van der Waals surface area contributed by atoms with Gasteiger partial charge in [-0.3, -0.25) is 9.10 Å². The third kappa shape index (κ3) is 4.65. The van der Waals surface area contributed by atoms with Crippen LogP contribution in [0.2, 0.25) is 5.02 Å². The molecule has 1 amide bonds. The number of benzene rings is 1. The van der Waals surface area contributed by atoms with Crippen molar-refractivity contribution >= 4 is 33.2 Å². The number of halogens is 1. The minimum atomic E-state index is -3.30. The Morgan fingerprint density at radius 2 is 2.00 bits per heavy atom. The van der Waals surface area contributed by atoms with Gasteiger partial charge in [0.1, 0.15) is 0 Å². The molecule has 8 heteroatoms. The van der Waals surface area contributed by atoms with E-state index in [1.165, 1.54) is 4.31 Å². The van der Waals surface area contributed by atoms with E-state index < -0.39 is 10.0 Å². The van der Waals surface area contributed by atoms with Crippen LogP contribution in [0.5, 0.6) is 0 Å². The van der Waals surface area contributed by atoms with Gasteiger partial charge in [0.05, 0.1) is 22.0 Å². The molecule has 0 atom stereocenters. The molecule has 1 aliphatic rings. The van der Waals surface area contributed by atoms with E-state index >= 15 is 0 Å². The van der Waals surface area contributed by atoms with Crippen molar-refractivity contribution < 1.29 is 13.2 Å². The molecule has 1 aromatic rings. The van der Waals surface area contributed by atoms with Crippen molar-refractivity contribution in [3.05, 3.63) is 28.8 Å². The number of amides is 1. The fourth-order valence-electron chi connectivity index (χ4n) is 2.47. The molecule has 1 saturated heterocycles. The van der Waals surface area contributed by atoms with Crippen LogP contribution in [-0.2, 0) is 10.0 Å². The normalized spacial score (nSPS) is 17.6. The van der Waals surface area contributed by atoms with Gasteiger partial charge in [-0.25, -0.2) is 8.42 Å². The van der Waals surface area contributed by atoms with E-state index in [-0.39, 0.29) is 22.2 Å². The molecule has 1 aliphatic heterocycles. The Morgan fingerprint density at radius 3 is 2.56 bits per heavy atom. The van der Waals surface area contributed by atoms with Crippen LogP contribution >= 0.6 is 11.6 Å². The molecular weight excluding hydrogens is 362 g/mol. The van der Waals surface area contributed by atoms with Crippen molar-refractivity contribution in [3.63, 3.8) is 0 Å². The van der Waals surface area contributed by atoms with Gasteiger partial charge in [0.15, 0.2) is 0 Å². The van der Waals surface area contributed by atoms with Crippen LogP contribution in [-0.4, -0.2) is 57.7 Å². The van der Waals surface area contributed by atoms with E-state index in [4.69, 9.17) is 11.6 Å². The summed E-state index contributed by atoms with van der Waals surface area (Å²) in [7, 11) is 0.606. The fourth-order valence-corrected chi connectivity index (χ4v) is 4.36. The predicted molar refractivity (Wildman–Crippen MR) is 102 cm³/mol. The van der Waals surface area contributed by atoms with Crippen LogP contribution in [0.15, 0.2) is 18.2 Å². The maximum atomic E-state index is 12.4. The molecule has 0 aliphatic carbocycles. The minimum absolute atomic E-state index is 0.145. The van der Waals surface area contributed by atoms with Crippen molar-refractivity contribution in [2.24, 2.45) is 0 Å². The van der Waals surface area contributed by atoms with Crippen LogP contribution in [0.3, 0.4) is 0 Å². The average Bonchev–Trinajstić information content (AvgIpc) is 2.52. The second kappa shape index (κ2) is 7.51. The molecule has 2 rings (SSSR count). The summed E-state index contributed by atoms with van der Waals surface area (Å²) in [5.41, 5.74) is 0.661. The van der Waals surface area contributed by atoms with Gasteiger partial charge in [-0.15, -0.1) is 0 Å². The molecule has 0 unspecified atom stereocenters. The number of sulfonamides is 1. The van der Waals surface area contributed by atoms with E-state index in [1.807, 2.05) is 32.8 Å². The van der Waals surface area contributed by atoms with Gasteiger partial charge in [-0.1, -0.05) is 11.6 Å². The fraction of sp³-hybridized carbons (Fsp3) is 0.588. The maximum Gasteiger partial charge on any atom is 0.252 e. The average molecular weight is 388 g/mol. The molecule has 0 radical (unpaired) electrons. The van der Waals surface area contributed by atoms with E-state index in [2.05, 4.69) is 5.32 Å². The Kier molecular flexibility index (Phi) is 6.01. The van der Waals surface area contributed by atoms with Gasteiger partial charge in [-0.2, -0.15) is 0 Å². The van der Waals surface area contributed by atoms with Crippen molar-refractivity contribution in [3.8, 4) is 0 Å². The topological polar surface area (TPSA) is 69.7 Å². The number of anilines is 1. The summed E-state index contributed by atoms with van der Waals surface area (Å²) >= 11 is 6.26. The Morgan fingerprint density at radius 1 is 1.32 bits per heavy atom. The Balaban J connectivity index is 2.15. The van der Waals surface area contributed by atoms with Gasteiger partial charge in [0, 0.05) is 18.6 Å². The molecule has 1 fully saturated rings. The zero-order chi connectivity index (χ0) is 18.8. The number of hydrogen-bond donors (Lipinski definition) is 1. The predicted octanol–water partition coefficient (Wildman–Crippen LogP) is 2.34. The number of likely N-dealkylation sites (N-methyl/N-ethyl adjacent to an activating group) is 1. The first-order chi connectivity index (χ1) is 11.5. The molecule has 1 aromatic carbocycles. The molecule has 0 aromatic heterocycles. The molecule has 0 saturated carbocycles. The first-order valence-corrected chi connectivity index (χ1v) is 10.3. The van der Waals surface area contributed by atoms with E-state index in [9.17, 15) is 13.2 Å². The second-order valence-corrected chi connectivity index (χ2v) is 9.57. The first kappa shape index (κ1) is 20.0.